The molecule has 1 N–H and O–H groups in total. The molecule has 2 aliphatic rings. The molecule has 2 fully saturated rings. The Hall–Kier alpha value is -1.60. The molecule has 0 saturated carbocycles. The Labute approximate surface area is 188 Å². The predicted molar refractivity (Wildman–Crippen MR) is 120 cm³/mol. The molecule has 164 valence electrons. The summed E-state index contributed by atoms with van der Waals surface area (Å²) in [6.07, 6.45) is 6.12. The Morgan fingerprint density at radius 1 is 1.13 bits per heavy atom. The highest BCUT2D eigenvalue weighted by molar-refractivity contribution is 6.42. The van der Waals surface area contributed by atoms with Gasteiger partial charge in [0, 0.05) is 45.2 Å². The number of hydrogen-bond acceptors (Lipinski definition) is 4. The van der Waals surface area contributed by atoms with E-state index in [0.717, 1.165) is 44.5 Å². The number of halogens is 2. The summed E-state index contributed by atoms with van der Waals surface area (Å²) in [5, 5.41) is 10.7. The molecule has 8 heteroatoms. The van der Waals surface area contributed by atoms with Gasteiger partial charge in [-0.05, 0) is 56.1 Å². The molecule has 2 saturated heterocycles. The second-order valence-corrected chi connectivity index (χ2v) is 8.73. The highest BCUT2D eigenvalue weighted by Gasteiger charge is 2.23. The third-order valence-corrected chi connectivity index (χ3v) is 6.38. The first-order valence-electron chi connectivity index (χ1n) is 10.5. The number of benzene rings is 1. The van der Waals surface area contributed by atoms with Crippen LogP contribution in [0.15, 0.2) is 24.3 Å². The lowest BCUT2D eigenvalue weighted by atomic mass is 10.1. The standard InChI is InChI=1S/C22H29Cl2N3O3/c23-19-6-4-17(15-20(19)24)5-7-21(29)27-12-8-22(30)26(13-14-27)11-2-10-25-9-1-3-18(28)16-25/h4-7,15,18,28H,1-3,8-14,16H2/t18-/m1/s1. The van der Waals surface area contributed by atoms with Crippen LogP contribution in [-0.2, 0) is 9.59 Å². The van der Waals surface area contributed by atoms with Crippen LogP contribution < -0.4 is 0 Å². The average Bonchev–Trinajstić information content (AvgIpc) is 2.91. The number of aliphatic hydroxyl groups is 1. The molecule has 0 aliphatic carbocycles. The number of hydrogen-bond donors (Lipinski definition) is 1. The van der Waals surface area contributed by atoms with Crippen LogP contribution in [-0.4, -0.2) is 83.5 Å². The van der Waals surface area contributed by atoms with Gasteiger partial charge < -0.3 is 19.8 Å². The lowest BCUT2D eigenvalue weighted by molar-refractivity contribution is -0.130. The van der Waals surface area contributed by atoms with Gasteiger partial charge in [0.05, 0.1) is 16.1 Å². The van der Waals surface area contributed by atoms with Crippen LogP contribution in [0, 0.1) is 0 Å². The number of β-amino-alcohol motifs (C(OH)–C–C–N with tert-alkyl or cyclic N) is 1. The van der Waals surface area contributed by atoms with Gasteiger partial charge in [0.2, 0.25) is 11.8 Å². The average molecular weight is 454 g/mol. The number of likely N-dealkylation sites (tertiary alicyclic amines) is 1. The molecular weight excluding hydrogens is 425 g/mol. The Morgan fingerprint density at radius 2 is 1.97 bits per heavy atom. The Kier molecular flexibility index (Phi) is 8.57. The molecule has 0 spiro atoms. The number of aliphatic hydroxyl groups excluding tert-OH is 1. The molecule has 0 radical (unpaired) electrons. The molecule has 2 heterocycles. The molecular formula is C22H29Cl2N3O3. The van der Waals surface area contributed by atoms with Crippen molar-refractivity contribution in [3.8, 4) is 0 Å². The maximum Gasteiger partial charge on any atom is 0.246 e. The largest absolute Gasteiger partial charge is 0.392 e. The normalized spacial score (nSPS) is 21.3. The first-order valence-corrected chi connectivity index (χ1v) is 11.3. The topological polar surface area (TPSA) is 64.1 Å². The summed E-state index contributed by atoms with van der Waals surface area (Å²) in [5.41, 5.74) is 0.799. The quantitative estimate of drug-likeness (QED) is 0.672. The van der Waals surface area contributed by atoms with Crippen molar-refractivity contribution in [2.75, 3.05) is 45.8 Å². The molecule has 30 heavy (non-hydrogen) atoms. The summed E-state index contributed by atoms with van der Waals surface area (Å²) in [6, 6.07) is 5.21. The summed E-state index contributed by atoms with van der Waals surface area (Å²) in [4.78, 5) is 30.9. The zero-order valence-electron chi connectivity index (χ0n) is 17.1. The highest BCUT2D eigenvalue weighted by Crippen LogP contribution is 2.23. The maximum absolute atomic E-state index is 12.6. The minimum Gasteiger partial charge on any atom is -0.392 e. The summed E-state index contributed by atoms with van der Waals surface area (Å²) in [6.45, 7) is 4.81. The first kappa shape index (κ1) is 23.1. The molecule has 6 nitrogen and oxygen atoms in total. The molecule has 0 unspecified atom stereocenters. The lowest BCUT2D eigenvalue weighted by Gasteiger charge is -2.30. The van der Waals surface area contributed by atoms with Gasteiger partial charge >= 0.3 is 0 Å². The van der Waals surface area contributed by atoms with Gasteiger partial charge in [-0.2, -0.15) is 0 Å². The van der Waals surface area contributed by atoms with Crippen molar-refractivity contribution >= 4 is 41.1 Å². The van der Waals surface area contributed by atoms with E-state index in [9.17, 15) is 14.7 Å². The van der Waals surface area contributed by atoms with Crippen LogP contribution in [0.4, 0.5) is 0 Å². The maximum atomic E-state index is 12.6. The van der Waals surface area contributed by atoms with Crippen LogP contribution >= 0.6 is 23.2 Å². The van der Waals surface area contributed by atoms with Gasteiger partial charge in [0.15, 0.2) is 0 Å². The zero-order valence-corrected chi connectivity index (χ0v) is 18.6. The van der Waals surface area contributed by atoms with Crippen molar-refractivity contribution in [2.24, 2.45) is 0 Å². The van der Waals surface area contributed by atoms with Crippen molar-refractivity contribution in [3.05, 3.63) is 39.9 Å². The summed E-state index contributed by atoms with van der Waals surface area (Å²) < 4.78 is 0. The molecule has 0 bridgehead atoms. The van der Waals surface area contributed by atoms with Gasteiger partial charge in [-0.1, -0.05) is 29.3 Å². The third kappa shape index (κ3) is 6.71. The number of carbonyl (C=O) groups is 2. The zero-order chi connectivity index (χ0) is 21.5. The summed E-state index contributed by atoms with van der Waals surface area (Å²) in [7, 11) is 0. The Morgan fingerprint density at radius 3 is 2.73 bits per heavy atom. The monoisotopic (exact) mass is 453 g/mol. The summed E-state index contributed by atoms with van der Waals surface area (Å²) in [5.74, 6) is -0.0181. The second-order valence-electron chi connectivity index (χ2n) is 7.91. The molecule has 2 amide bonds. The summed E-state index contributed by atoms with van der Waals surface area (Å²) >= 11 is 11.9. The van der Waals surface area contributed by atoms with Crippen LogP contribution in [0.5, 0.6) is 0 Å². The van der Waals surface area contributed by atoms with Crippen LogP contribution in [0.25, 0.3) is 6.08 Å². The van der Waals surface area contributed by atoms with Crippen molar-refractivity contribution < 1.29 is 14.7 Å². The van der Waals surface area contributed by atoms with Crippen molar-refractivity contribution in [1.82, 2.24) is 14.7 Å². The van der Waals surface area contributed by atoms with Gasteiger partial charge in [0.1, 0.15) is 0 Å². The van der Waals surface area contributed by atoms with E-state index in [2.05, 4.69) is 4.90 Å². The third-order valence-electron chi connectivity index (χ3n) is 5.64. The van der Waals surface area contributed by atoms with Crippen molar-refractivity contribution in [2.45, 2.75) is 31.8 Å². The van der Waals surface area contributed by atoms with Crippen LogP contribution in [0.3, 0.4) is 0 Å². The van der Waals surface area contributed by atoms with E-state index in [1.54, 1.807) is 29.2 Å². The minimum atomic E-state index is -0.227. The van der Waals surface area contributed by atoms with E-state index in [-0.39, 0.29) is 17.9 Å². The first-order chi connectivity index (χ1) is 14.4. The van der Waals surface area contributed by atoms with Gasteiger partial charge in [-0.25, -0.2) is 0 Å². The SMILES string of the molecule is O=C(C=Cc1ccc(Cl)c(Cl)c1)N1CCC(=O)N(CCCN2CCC[C@@H](O)C2)CC1. The number of piperidine rings is 1. The molecule has 2 aliphatic heterocycles. The van der Waals surface area contributed by atoms with Crippen LogP contribution in [0.2, 0.25) is 10.0 Å². The fraction of sp³-hybridized carbons (Fsp3) is 0.545. The van der Waals surface area contributed by atoms with E-state index in [0.29, 0.717) is 42.6 Å². The fourth-order valence-corrected chi connectivity index (χ4v) is 4.24. The Bertz CT molecular complexity index is 787. The molecule has 0 aromatic heterocycles. The minimum absolute atomic E-state index is 0.0949. The van der Waals surface area contributed by atoms with Crippen molar-refractivity contribution in [1.29, 1.82) is 0 Å². The molecule has 1 aromatic carbocycles. The molecule has 1 aromatic rings. The second kappa shape index (κ2) is 11.1. The number of nitrogens with zero attached hydrogens (tertiary/aromatic N) is 3. The lowest BCUT2D eigenvalue weighted by Crippen LogP contribution is -2.40. The molecule has 3 rings (SSSR count). The van der Waals surface area contributed by atoms with E-state index >= 15 is 0 Å². The van der Waals surface area contributed by atoms with Gasteiger partial charge in [0.25, 0.3) is 0 Å². The number of carbonyl (C=O) groups excluding carboxylic acids is 2. The van der Waals surface area contributed by atoms with E-state index < -0.39 is 0 Å². The van der Waals surface area contributed by atoms with E-state index in [1.807, 2.05) is 4.90 Å². The fourth-order valence-electron chi connectivity index (χ4n) is 3.93. The number of rotatable bonds is 6. The molecule has 1 atom stereocenters. The predicted octanol–water partition coefficient (Wildman–Crippen LogP) is 2.91. The van der Waals surface area contributed by atoms with Crippen LogP contribution in [0.1, 0.15) is 31.2 Å². The Balaban J connectivity index is 1.46. The van der Waals surface area contributed by atoms with Gasteiger partial charge in [-0.15, -0.1) is 0 Å². The highest BCUT2D eigenvalue weighted by atomic mass is 35.5. The van der Waals surface area contributed by atoms with E-state index in [4.69, 9.17) is 23.2 Å². The van der Waals surface area contributed by atoms with Gasteiger partial charge in [-0.3, -0.25) is 9.59 Å². The van der Waals surface area contributed by atoms with Crippen molar-refractivity contribution in [3.63, 3.8) is 0 Å². The smallest absolute Gasteiger partial charge is 0.246 e. The van der Waals surface area contributed by atoms with E-state index in [1.165, 1.54) is 6.08 Å². The number of amides is 2.